The van der Waals surface area contributed by atoms with Crippen molar-refractivity contribution in [2.24, 2.45) is 0 Å². The second-order valence-electron chi connectivity index (χ2n) is 7.88. The number of pyridine rings is 1. The van der Waals surface area contributed by atoms with E-state index in [1.807, 2.05) is 23.1 Å². The van der Waals surface area contributed by atoms with Crippen molar-refractivity contribution in [3.63, 3.8) is 0 Å². The van der Waals surface area contributed by atoms with E-state index in [0.717, 1.165) is 31.9 Å². The topological polar surface area (TPSA) is 48.5 Å². The van der Waals surface area contributed by atoms with Crippen molar-refractivity contribution in [3.05, 3.63) is 54.4 Å². The zero-order valence-electron chi connectivity index (χ0n) is 16.5. The van der Waals surface area contributed by atoms with Gasteiger partial charge < -0.3 is 15.1 Å². The van der Waals surface area contributed by atoms with Gasteiger partial charge in [-0.3, -0.25) is 9.78 Å². The second kappa shape index (κ2) is 9.09. The van der Waals surface area contributed by atoms with Crippen LogP contribution in [0, 0.1) is 0 Å². The Balaban J connectivity index is 1.36. The Kier molecular flexibility index (Phi) is 6.10. The minimum atomic E-state index is 0.0391. The summed E-state index contributed by atoms with van der Waals surface area (Å²) in [6, 6.07) is 14.8. The van der Waals surface area contributed by atoms with Crippen LogP contribution in [-0.2, 0) is 0 Å². The third kappa shape index (κ3) is 4.64. The number of hydrogen-bond acceptors (Lipinski definition) is 4. The lowest BCUT2D eigenvalue weighted by Gasteiger charge is -2.36. The van der Waals surface area contributed by atoms with E-state index in [1.165, 1.54) is 44.2 Å². The van der Waals surface area contributed by atoms with Gasteiger partial charge in [0.05, 0.1) is 0 Å². The van der Waals surface area contributed by atoms with Crippen LogP contribution in [0.1, 0.15) is 49.0 Å². The molecule has 2 fully saturated rings. The van der Waals surface area contributed by atoms with Crippen LogP contribution in [0.2, 0.25) is 0 Å². The lowest BCUT2D eigenvalue weighted by atomic mass is 10.1. The van der Waals surface area contributed by atoms with Crippen molar-refractivity contribution in [2.75, 3.05) is 36.4 Å². The molecule has 1 aromatic carbocycles. The number of nitrogens with zero attached hydrogens (tertiary/aromatic N) is 3. The van der Waals surface area contributed by atoms with E-state index in [9.17, 15) is 4.79 Å². The predicted octanol–water partition coefficient (Wildman–Crippen LogP) is 4.18. The van der Waals surface area contributed by atoms with Crippen molar-refractivity contribution >= 4 is 17.3 Å². The standard InChI is InChI=1S/C23H30N4O/c28-23(27-16-14-26(15-17-27)21-10-6-3-7-11-21)22-18-20(12-13-24-22)25-19-8-4-1-2-5-9-19/h3,6-7,10-13,18-19H,1-2,4-5,8-9,14-17H2,(H,24,25). The summed E-state index contributed by atoms with van der Waals surface area (Å²) in [6.07, 6.45) is 9.45. The summed E-state index contributed by atoms with van der Waals surface area (Å²) in [7, 11) is 0. The fourth-order valence-corrected chi connectivity index (χ4v) is 4.27. The highest BCUT2D eigenvalue weighted by molar-refractivity contribution is 5.93. The molecular formula is C23H30N4O. The van der Waals surface area contributed by atoms with Crippen LogP contribution in [-0.4, -0.2) is 48.0 Å². The van der Waals surface area contributed by atoms with E-state index >= 15 is 0 Å². The minimum Gasteiger partial charge on any atom is -0.382 e. The smallest absolute Gasteiger partial charge is 0.272 e. The molecule has 2 aromatic rings. The summed E-state index contributed by atoms with van der Waals surface area (Å²) < 4.78 is 0. The summed E-state index contributed by atoms with van der Waals surface area (Å²) in [5.74, 6) is 0.0391. The van der Waals surface area contributed by atoms with Gasteiger partial charge in [-0.1, -0.05) is 43.9 Å². The molecule has 0 spiro atoms. The normalized spacial score (nSPS) is 18.6. The number of amides is 1. The summed E-state index contributed by atoms with van der Waals surface area (Å²) >= 11 is 0. The molecule has 1 N–H and O–H groups in total. The van der Waals surface area contributed by atoms with Gasteiger partial charge in [-0.05, 0) is 37.1 Å². The first-order chi connectivity index (χ1) is 13.8. The number of carbonyl (C=O) groups excluding carboxylic acids is 1. The average molecular weight is 379 g/mol. The molecule has 1 saturated heterocycles. The first kappa shape index (κ1) is 18.8. The van der Waals surface area contributed by atoms with Crippen LogP contribution in [0.25, 0.3) is 0 Å². The number of nitrogens with one attached hydrogen (secondary N) is 1. The summed E-state index contributed by atoms with van der Waals surface area (Å²) in [6.45, 7) is 3.18. The molecule has 1 aliphatic heterocycles. The molecular weight excluding hydrogens is 348 g/mol. The third-order valence-corrected chi connectivity index (χ3v) is 5.89. The number of rotatable bonds is 4. The highest BCUT2D eigenvalue weighted by Gasteiger charge is 2.23. The number of aromatic nitrogens is 1. The largest absolute Gasteiger partial charge is 0.382 e. The Morgan fingerprint density at radius 3 is 2.36 bits per heavy atom. The number of piperazine rings is 1. The highest BCUT2D eigenvalue weighted by Crippen LogP contribution is 2.22. The Bertz CT molecular complexity index is 763. The van der Waals surface area contributed by atoms with E-state index in [4.69, 9.17) is 0 Å². The fraction of sp³-hybridized carbons (Fsp3) is 0.478. The number of anilines is 2. The second-order valence-corrected chi connectivity index (χ2v) is 7.88. The van der Waals surface area contributed by atoms with Gasteiger partial charge in [0.15, 0.2) is 0 Å². The molecule has 28 heavy (non-hydrogen) atoms. The monoisotopic (exact) mass is 378 g/mol. The van der Waals surface area contributed by atoms with Crippen LogP contribution >= 0.6 is 0 Å². The van der Waals surface area contributed by atoms with E-state index < -0.39 is 0 Å². The number of carbonyl (C=O) groups is 1. The Labute approximate surface area is 167 Å². The molecule has 1 aromatic heterocycles. The van der Waals surface area contributed by atoms with Crippen molar-refractivity contribution in [1.29, 1.82) is 0 Å². The number of hydrogen-bond donors (Lipinski definition) is 1. The van der Waals surface area contributed by atoms with Crippen LogP contribution in [0.5, 0.6) is 0 Å². The van der Waals surface area contributed by atoms with Gasteiger partial charge >= 0.3 is 0 Å². The number of para-hydroxylation sites is 1. The molecule has 1 aliphatic carbocycles. The summed E-state index contributed by atoms with van der Waals surface area (Å²) in [4.78, 5) is 21.6. The molecule has 1 amide bonds. The Morgan fingerprint density at radius 1 is 0.929 bits per heavy atom. The Morgan fingerprint density at radius 2 is 1.64 bits per heavy atom. The minimum absolute atomic E-state index is 0.0391. The SMILES string of the molecule is O=C(c1cc(NC2CCCCCC2)ccn1)N1CCN(c2ccccc2)CC1. The first-order valence-electron chi connectivity index (χ1n) is 10.6. The molecule has 0 radical (unpaired) electrons. The lowest BCUT2D eigenvalue weighted by molar-refractivity contribution is 0.0741. The van der Waals surface area contributed by atoms with Crippen molar-refractivity contribution < 1.29 is 4.79 Å². The van der Waals surface area contributed by atoms with Crippen LogP contribution in [0.15, 0.2) is 48.7 Å². The summed E-state index contributed by atoms with van der Waals surface area (Å²) in [5.41, 5.74) is 2.79. The Hall–Kier alpha value is -2.56. The van der Waals surface area contributed by atoms with Gasteiger partial charge in [-0.25, -0.2) is 0 Å². The van der Waals surface area contributed by atoms with Gasteiger partial charge in [-0.15, -0.1) is 0 Å². The van der Waals surface area contributed by atoms with E-state index in [-0.39, 0.29) is 5.91 Å². The zero-order valence-corrected chi connectivity index (χ0v) is 16.5. The maximum Gasteiger partial charge on any atom is 0.272 e. The van der Waals surface area contributed by atoms with Crippen LogP contribution in [0.4, 0.5) is 11.4 Å². The van der Waals surface area contributed by atoms with Crippen molar-refractivity contribution in [1.82, 2.24) is 9.88 Å². The van der Waals surface area contributed by atoms with E-state index in [0.29, 0.717) is 11.7 Å². The molecule has 1 saturated carbocycles. The molecule has 0 atom stereocenters. The van der Waals surface area contributed by atoms with Gasteiger partial charge in [0.1, 0.15) is 5.69 Å². The fourth-order valence-electron chi connectivity index (χ4n) is 4.27. The molecule has 2 aliphatic rings. The third-order valence-electron chi connectivity index (χ3n) is 5.89. The summed E-state index contributed by atoms with van der Waals surface area (Å²) in [5, 5.41) is 3.63. The molecule has 4 rings (SSSR count). The van der Waals surface area contributed by atoms with Crippen molar-refractivity contribution in [3.8, 4) is 0 Å². The average Bonchev–Trinajstić information content (AvgIpc) is 3.03. The molecule has 0 unspecified atom stereocenters. The van der Waals surface area contributed by atoms with Crippen LogP contribution in [0.3, 0.4) is 0 Å². The maximum absolute atomic E-state index is 13.0. The van der Waals surface area contributed by atoms with Gasteiger partial charge in [0.25, 0.3) is 5.91 Å². The zero-order chi connectivity index (χ0) is 19.2. The van der Waals surface area contributed by atoms with Crippen molar-refractivity contribution in [2.45, 2.75) is 44.6 Å². The molecule has 5 heteroatoms. The van der Waals surface area contributed by atoms with Crippen LogP contribution < -0.4 is 10.2 Å². The predicted molar refractivity (Wildman–Crippen MR) is 114 cm³/mol. The molecule has 0 bridgehead atoms. The quantitative estimate of drug-likeness (QED) is 0.811. The van der Waals surface area contributed by atoms with Gasteiger partial charge in [-0.2, -0.15) is 0 Å². The van der Waals surface area contributed by atoms with E-state index in [2.05, 4.69) is 39.5 Å². The number of benzene rings is 1. The molecule has 148 valence electrons. The lowest BCUT2D eigenvalue weighted by Crippen LogP contribution is -2.49. The molecule has 5 nitrogen and oxygen atoms in total. The molecule has 2 heterocycles. The van der Waals surface area contributed by atoms with E-state index in [1.54, 1.807) is 6.20 Å². The maximum atomic E-state index is 13.0. The first-order valence-corrected chi connectivity index (χ1v) is 10.6. The highest BCUT2D eigenvalue weighted by atomic mass is 16.2. The van der Waals surface area contributed by atoms with Gasteiger partial charge in [0, 0.05) is 49.8 Å². The van der Waals surface area contributed by atoms with Gasteiger partial charge in [0.2, 0.25) is 0 Å².